The first-order chi connectivity index (χ1) is 12.1. The van der Waals surface area contributed by atoms with E-state index in [9.17, 15) is 9.18 Å². The summed E-state index contributed by atoms with van der Waals surface area (Å²) in [6.45, 7) is 2.91. The summed E-state index contributed by atoms with van der Waals surface area (Å²) in [4.78, 5) is 22.5. The van der Waals surface area contributed by atoms with Crippen LogP contribution in [0, 0.1) is 5.82 Å². The van der Waals surface area contributed by atoms with Gasteiger partial charge in [-0.1, -0.05) is 11.6 Å². The Hall–Kier alpha value is -2.34. The third-order valence-corrected chi connectivity index (χ3v) is 4.99. The molecule has 0 bridgehead atoms. The molecule has 0 spiro atoms. The maximum Gasteiger partial charge on any atom is 0.324 e. The average Bonchev–Trinajstić information content (AvgIpc) is 3.04. The molecule has 130 valence electrons. The molecule has 5 nitrogen and oxygen atoms in total. The van der Waals surface area contributed by atoms with Crippen LogP contribution in [0.3, 0.4) is 0 Å². The monoisotopic (exact) mass is 360 g/mol. The van der Waals surface area contributed by atoms with E-state index in [-0.39, 0.29) is 11.8 Å². The number of aromatic nitrogens is 1. The van der Waals surface area contributed by atoms with Crippen LogP contribution in [-0.4, -0.2) is 48.6 Å². The summed E-state index contributed by atoms with van der Waals surface area (Å²) in [5.74, 6) is 0.0309. The van der Waals surface area contributed by atoms with Gasteiger partial charge >= 0.3 is 6.03 Å². The van der Waals surface area contributed by atoms with E-state index in [1.54, 1.807) is 12.3 Å². The predicted octanol–water partition coefficient (Wildman–Crippen LogP) is 3.18. The minimum atomic E-state index is -0.326. The summed E-state index contributed by atoms with van der Waals surface area (Å²) in [6, 6.07) is 8.63. The van der Waals surface area contributed by atoms with Crippen molar-refractivity contribution < 1.29 is 9.18 Å². The first kappa shape index (κ1) is 16.1. The Morgan fingerprint density at radius 3 is 2.68 bits per heavy atom. The van der Waals surface area contributed by atoms with Gasteiger partial charge in [0.15, 0.2) is 11.6 Å². The predicted molar refractivity (Wildman–Crippen MR) is 95.9 cm³/mol. The van der Waals surface area contributed by atoms with Gasteiger partial charge in [0.05, 0.1) is 0 Å². The summed E-state index contributed by atoms with van der Waals surface area (Å²) in [7, 11) is 0. The van der Waals surface area contributed by atoms with Gasteiger partial charge in [0, 0.05) is 49.6 Å². The van der Waals surface area contributed by atoms with Crippen LogP contribution in [0.2, 0.25) is 5.02 Å². The maximum atomic E-state index is 13.9. The molecule has 1 aromatic heterocycles. The fourth-order valence-corrected chi connectivity index (χ4v) is 3.65. The normalized spacial score (nSPS) is 17.0. The number of amides is 2. The van der Waals surface area contributed by atoms with Crippen molar-refractivity contribution in [2.75, 3.05) is 42.5 Å². The SMILES string of the molecule is O=C(N1CCN(c2ncccc2F)CC1)N1CCc2cc(Cl)ccc21. The molecule has 2 aliphatic rings. The molecular formula is C18H18ClFN4O. The van der Waals surface area contributed by atoms with Gasteiger partial charge in [-0.2, -0.15) is 0 Å². The fraction of sp³-hybridized carbons (Fsp3) is 0.333. The van der Waals surface area contributed by atoms with Gasteiger partial charge in [-0.25, -0.2) is 14.2 Å². The van der Waals surface area contributed by atoms with E-state index in [2.05, 4.69) is 4.98 Å². The molecule has 1 fully saturated rings. The molecule has 0 radical (unpaired) electrons. The highest BCUT2D eigenvalue weighted by Gasteiger charge is 2.31. The van der Waals surface area contributed by atoms with Crippen LogP contribution in [0.4, 0.5) is 20.7 Å². The number of fused-ring (bicyclic) bond motifs is 1. The van der Waals surface area contributed by atoms with Gasteiger partial charge in [0.2, 0.25) is 0 Å². The molecule has 0 aliphatic carbocycles. The Labute approximate surface area is 150 Å². The highest BCUT2D eigenvalue weighted by atomic mass is 35.5. The zero-order chi connectivity index (χ0) is 17.4. The molecule has 2 amide bonds. The summed E-state index contributed by atoms with van der Waals surface area (Å²) in [5, 5.41) is 0.694. The number of hydrogen-bond acceptors (Lipinski definition) is 3. The number of carbonyl (C=O) groups is 1. The second-order valence-corrected chi connectivity index (χ2v) is 6.68. The van der Waals surface area contributed by atoms with Crippen LogP contribution in [0.5, 0.6) is 0 Å². The molecule has 7 heteroatoms. The van der Waals surface area contributed by atoms with Crippen molar-refractivity contribution in [2.24, 2.45) is 0 Å². The number of nitrogens with zero attached hydrogens (tertiary/aromatic N) is 4. The maximum absolute atomic E-state index is 13.9. The standard InChI is InChI=1S/C18H18ClFN4O/c19-14-3-4-16-13(12-14)5-7-24(16)18(25)23-10-8-22(9-11-23)17-15(20)2-1-6-21-17/h1-4,6,12H,5,7-11H2. The zero-order valence-corrected chi connectivity index (χ0v) is 14.4. The number of pyridine rings is 1. The highest BCUT2D eigenvalue weighted by molar-refractivity contribution is 6.30. The first-order valence-electron chi connectivity index (χ1n) is 8.34. The lowest BCUT2D eigenvalue weighted by atomic mass is 10.2. The molecule has 3 heterocycles. The second kappa shape index (κ2) is 6.52. The Kier molecular flexibility index (Phi) is 4.21. The molecule has 1 saturated heterocycles. The molecule has 2 aliphatic heterocycles. The van der Waals surface area contributed by atoms with Crippen molar-refractivity contribution in [3.63, 3.8) is 0 Å². The van der Waals surface area contributed by atoms with Gasteiger partial charge < -0.3 is 9.80 Å². The van der Waals surface area contributed by atoms with E-state index in [0.29, 0.717) is 43.6 Å². The molecule has 25 heavy (non-hydrogen) atoms. The minimum absolute atomic E-state index is 0.00205. The van der Waals surface area contributed by atoms with Crippen LogP contribution < -0.4 is 9.80 Å². The molecule has 0 unspecified atom stereocenters. The van der Waals surface area contributed by atoms with E-state index in [4.69, 9.17) is 11.6 Å². The zero-order valence-electron chi connectivity index (χ0n) is 13.7. The summed E-state index contributed by atoms with van der Waals surface area (Å²) >= 11 is 6.03. The topological polar surface area (TPSA) is 39.7 Å². The first-order valence-corrected chi connectivity index (χ1v) is 8.71. The lowest BCUT2D eigenvalue weighted by Crippen LogP contribution is -2.53. The molecule has 0 N–H and O–H groups in total. The summed E-state index contributed by atoms with van der Waals surface area (Å²) in [5.41, 5.74) is 2.04. The fourth-order valence-electron chi connectivity index (χ4n) is 3.46. The number of benzene rings is 1. The number of hydrogen-bond donors (Lipinski definition) is 0. The number of anilines is 2. The van der Waals surface area contributed by atoms with Crippen LogP contribution in [0.15, 0.2) is 36.5 Å². The highest BCUT2D eigenvalue weighted by Crippen LogP contribution is 2.31. The van der Waals surface area contributed by atoms with Crippen LogP contribution in [0.1, 0.15) is 5.56 Å². The molecule has 1 aromatic carbocycles. The van der Waals surface area contributed by atoms with E-state index < -0.39 is 0 Å². The van der Waals surface area contributed by atoms with Crippen LogP contribution in [0.25, 0.3) is 0 Å². The number of piperazine rings is 1. The van der Waals surface area contributed by atoms with Crippen LogP contribution >= 0.6 is 11.6 Å². The van der Waals surface area contributed by atoms with Crippen molar-refractivity contribution in [3.05, 3.63) is 52.9 Å². The van der Waals surface area contributed by atoms with Gasteiger partial charge in [0.25, 0.3) is 0 Å². The van der Waals surface area contributed by atoms with Gasteiger partial charge in [-0.05, 0) is 42.3 Å². The molecule has 0 atom stereocenters. The molecule has 0 saturated carbocycles. The molecular weight excluding hydrogens is 343 g/mol. The second-order valence-electron chi connectivity index (χ2n) is 6.24. The van der Waals surface area contributed by atoms with E-state index in [0.717, 1.165) is 17.7 Å². The summed E-state index contributed by atoms with van der Waals surface area (Å²) < 4.78 is 13.9. The van der Waals surface area contributed by atoms with Crippen molar-refractivity contribution in [1.29, 1.82) is 0 Å². The van der Waals surface area contributed by atoms with Crippen molar-refractivity contribution >= 4 is 29.1 Å². The average molecular weight is 361 g/mol. The van der Waals surface area contributed by atoms with E-state index >= 15 is 0 Å². The Bertz CT molecular complexity index is 807. The van der Waals surface area contributed by atoms with Crippen LogP contribution in [-0.2, 0) is 6.42 Å². The Balaban J connectivity index is 1.44. The van der Waals surface area contributed by atoms with E-state index in [1.165, 1.54) is 6.07 Å². The number of carbonyl (C=O) groups excluding carboxylic acids is 1. The Morgan fingerprint density at radius 1 is 1.12 bits per heavy atom. The van der Waals surface area contributed by atoms with Crippen molar-refractivity contribution in [1.82, 2.24) is 9.88 Å². The Morgan fingerprint density at radius 2 is 1.92 bits per heavy atom. The molecule has 4 rings (SSSR count). The van der Waals surface area contributed by atoms with Gasteiger partial charge in [0.1, 0.15) is 0 Å². The quantitative estimate of drug-likeness (QED) is 0.784. The third-order valence-electron chi connectivity index (χ3n) is 4.76. The van der Waals surface area contributed by atoms with Gasteiger partial charge in [-0.3, -0.25) is 4.90 Å². The number of rotatable bonds is 1. The molecule has 2 aromatic rings. The van der Waals surface area contributed by atoms with Gasteiger partial charge in [-0.15, -0.1) is 0 Å². The minimum Gasteiger partial charge on any atom is -0.351 e. The summed E-state index contributed by atoms with van der Waals surface area (Å²) in [6.07, 6.45) is 2.41. The van der Waals surface area contributed by atoms with Crippen molar-refractivity contribution in [2.45, 2.75) is 6.42 Å². The number of urea groups is 1. The largest absolute Gasteiger partial charge is 0.351 e. The lowest BCUT2D eigenvalue weighted by molar-refractivity contribution is 0.201. The lowest BCUT2D eigenvalue weighted by Gasteiger charge is -2.37. The third kappa shape index (κ3) is 3.02. The van der Waals surface area contributed by atoms with E-state index in [1.807, 2.05) is 32.9 Å². The smallest absolute Gasteiger partial charge is 0.324 e. The number of halogens is 2. The van der Waals surface area contributed by atoms with Crippen molar-refractivity contribution in [3.8, 4) is 0 Å².